The van der Waals surface area contributed by atoms with E-state index < -0.39 is 44.0 Å². The van der Waals surface area contributed by atoms with Crippen LogP contribution in [0.3, 0.4) is 0 Å². The third kappa shape index (κ3) is 5.62. The van der Waals surface area contributed by atoms with Crippen molar-refractivity contribution >= 4 is 71.2 Å². The fourth-order valence-corrected chi connectivity index (χ4v) is 7.57. The third-order valence-corrected chi connectivity index (χ3v) is 9.31. The molecule has 0 unspecified atom stereocenters. The molecule has 15 heteroatoms. The van der Waals surface area contributed by atoms with Gasteiger partial charge >= 0.3 is 5.97 Å². The summed E-state index contributed by atoms with van der Waals surface area (Å²) in [4.78, 5) is 52.8. The van der Waals surface area contributed by atoms with Gasteiger partial charge in [0.15, 0.2) is 14.6 Å². The van der Waals surface area contributed by atoms with Gasteiger partial charge in [0.2, 0.25) is 5.91 Å². The SMILES string of the molecule is CCn1c(=NC(=O)CS(=O)(=O)CC(=O)Nc2sc3c(c2C(=O)OC)CCC3)sc2cc([N+](=O)[O-])ccc21. The van der Waals surface area contributed by atoms with Gasteiger partial charge in [0.1, 0.15) is 16.5 Å². The lowest BCUT2D eigenvalue weighted by Gasteiger charge is -2.07. The van der Waals surface area contributed by atoms with E-state index in [4.69, 9.17) is 4.74 Å². The van der Waals surface area contributed by atoms with Crippen LogP contribution >= 0.6 is 22.7 Å². The molecule has 196 valence electrons. The number of thiophene rings is 1. The number of aromatic nitrogens is 1. The number of aryl methyl sites for hydroxylation is 2. The Bertz CT molecular complexity index is 1610. The number of carbonyl (C=O) groups is 3. The number of carbonyl (C=O) groups excluding carboxylic acids is 3. The molecule has 0 saturated carbocycles. The summed E-state index contributed by atoms with van der Waals surface area (Å²) in [6, 6.07) is 4.24. The van der Waals surface area contributed by atoms with E-state index >= 15 is 0 Å². The zero-order valence-electron chi connectivity index (χ0n) is 19.8. The summed E-state index contributed by atoms with van der Waals surface area (Å²) in [6.45, 7) is 2.19. The van der Waals surface area contributed by atoms with Crippen molar-refractivity contribution in [2.24, 2.45) is 4.99 Å². The van der Waals surface area contributed by atoms with Crippen molar-refractivity contribution in [1.82, 2.24) is 4.57 Å². The van der Waals surface area contributed by atoms with Gasteiger partial charge in [0, 0.05) is 23.6 Å². The Balaban J connectivity index is 1.50. The average molecular weight is 567 g/mol. The molecule has 0 saturated heterocycles. The molecule has 2 amide bonds. The number of hydrogen-bond acceptors (Lipinski definition) is 10. The number of thiazole rings is 1. The maximum atomic E-state index is 12.6. The number of rotatable bonds is 8. The largest absolute Gasteiger partial charge is 0.465 e. The summed E-state index contributed by atoms with van der Waals surface area (Å²) in [7, 11) is -2.95. The lowest BCUT2D eigenvalue weighted by atomic mass is 10.1. The predicted octanol–water partition coefficient (Wildman–Crippen LogP) is 2.45. The highest BCUT2D eigenvalue weighted by Gasteiger charge is 2.29. The van der Waals surface area contributed by atoms with Crippen LogP contribution in [0.4, 0.5) is 10.7 Å². The molecule has 1 aliphatic carbocycles. The van der Waals surface area contributed by atoms with Gasteiger partial charge in [-0.25, -0.2) is 13.2 Å². The second kappa shape index (κ2) is 10.5. The van der Waals surface area contributed by atoms with Gasteiger partial charge in [-0.05, 0) is 37.8 Å². The van der Waals surface area contributed by atoms with Crippen molar-refractivity contribution < 1.29 is 32.5 Å². The standard InChI is InChI=1S/C22H22N4O8S3/c1-3-25-14-8-7-12(26(30)31)9-16(14)36-22(25)24-18(28)11-37(32,33)10-17(27)23-20-19(21(29)34-2)13-5-4-6-15(13)35-20/h7-9H,3-6,10-11H2,1-2H3,(H,23,27). The molecule has 0 spiro atoms. The molecule has 2 aromatic heterocycles. The summed E-state index contributed by atoms with van der Waals surface area (Å²) in [6.07, 6.45) is 2.31. The Morgan fingerprint density at radius 3 is 2.65 bits per heavy atom. The molecular weight excluding hydrogens is 544 g/mol. The minimum Gasteiger partial charge on any atom is -0.465 e. The number of sulfone groups is 1. The van der Waals surface area contributed by atoms with Crippen molar-refractivity contribution in [3.8, 4) is 0 Å². The van der Waals surface area contributed by atoms with Gasteiger partial charge in [0.25, 0.3) is 11.6 Å². The number of esters is 1. The van der Waals surface area contributed by atoms with Crippen molar-refractivity contribution in [2.75, 3.05) is 23.9 Å². The van der Waals surface area contributed by atoms with Crippen LogP contribution in [0, 0.1) is 10.1 Å². The number of fused-ring (bicyclic) bond motifs is 2. The molecule has 1 N–H and O–H groups in total. The fraction of sp³-hybridized carbons (Fsp3) is 0.364. The van der Waals surface area contributed by atoms with E-state index in [1.807, 2.05) is 0 Å². The molecule has 1 aliphatic rings. The number of anilines is 1. The molecule has 0 radical (unpaired) electrons. The zero-order chi connectivity index (χ0) is 26.9. The van der Waals surface area contributed by atoms with E-state index in [1.165, 1.54) is 30.6 Å². The predicted molar refractivity (Wildman–Crippen MR) is 138 cm³/mol. The number of amides is 2. The van der Waals surface area contributed by atoms with Gasteiger partial charge < -0.3 is 14.6 Å². The quantitative estimate of drug-likeness (QED) is 0.246. The van der Waals surface area contributed by atoms with Crippen molar-refractivity contribution in [3.63, 3.8) is 0 Å². The maximum Gasteiger partial charge on any atom is 0.341 e. The molecule has 1 aromatic carbocycles. The van der Waals surface area contributed by atoms with E-state index in [2.05, 4.69) is 10.3 Å². The molecule has 3 aromatic rings. The Morgan fingerprint density at radius 1 is 1.22 bits per heavy atom. The number of nitrogens with zero attached hydrogens (tertiary/aromatic N) is 3. The maximum absolute atomic E-state index is 12.6. The van der Waals surface area contributed by atoms with Gasteiger partial charge in [-0.2, -0.15) is 4.99 Å². The molecule has 4 rings (SSSR count). The van der Waals surface area contributed by atoms with E-state index in [-0.39, 0.29) is 21.1 Å². The fourth-order valence-electron chi connectivity index (χ4n) is 4.12. The monoisotopic (exact) mass is 566 g/mol. The molecular formula is C22H22N4O8S3. The topological polar surface area (TPSA) is 167 Å². The summed E-state index contributed by atoms with van der Waals surface area (Å²) < 4.78 is 32.2. The highest BCUT2D eigenvalue weighted by atomic mass is 32.2. The second-order valence-corrected chi connectivity index (χ2v) is 12.4. The van der Waals surface area contributed by atoms with Crippen molar-refractivity contribution in [1.29, 1.82) is 0 Å². The summed E-state index contributed by atoms with van der Waals surface area (Å²) in [5, 5.41) is 13.8. The molecule has 0 atom stereocenters. The van der Waals surface area contributed by atoms with Gasteiger partial charge in [-0.15, -0.1) is 11.3 Å². The number of non-ortho nitro benzene ring substituents is 1. The van der Waals surface area contributed by atoms with E-state index in [0.29, 0.717) is 23.2 Å². The van der Waals surface area contributed by atoms with E-state index in [1.54, 1.807) is 17.6 Å². The summed E-state index contributed by atoms with van der Waals surface area (Å²) >= 11 is 2.24. The highest BCUT2D eigenvalue weighted by molar-refractivity contribution is 7.92. The first-order valence-corrected chi connectivity index (χ1v) is 14.6. The Labute approximate surface area is 218 Å². The number of ether oxygens (including phenoxy) is 1. The molecule has 0 fully saturated rings. The first kappa shape index (κ1) is 26.6. The van der Waals surface area contributed by atoms with Gasteiger partial charge in [0.05, 0.1) is 27.8 Å². The number of benzene rings is 1. The Kier molecular flexibility index (Phi) is 7.57. The van der Waals surface area contributed by atoms with Crippen molar-refractivity contribution in [3.05, 3.63) is 49.1 Å². The van der Waals surface area contributed by atoms with Crippen LogP contribution in [0.1, 0.15) is 34.1 Å². The second-order valence-electron chi connectivity index (χ2n) is 8.18. The molecule has 0 aliphatic heterocycles. The van der Waals surface area contributed by atoms with Crippen molar-refractivity contribution in [2.45, 2.75) is 32.7 Å². The molecule has 37 heavy (non-hydrogen) atoms. The van der Waals surface area contributed by atoms with Crippen LogP contribution in [0.2, 0.25) is 0 Å². The number of methoxy groups -OCH3 is 1. The van der Waals surface area contributed by atoms with Crippen LogP contribution in [-0.2, 0) is 43.5 Å². The molecule has 12 nitrogen and oxygen atoms in total. The van der Waals surface area contributed by atoms with Crippen LogP contribution in [0.5, 0.6) is 0 Å². The van der Waals surface area contributed by atoms with Crippen LogP contribution < -0.4 is 10.1 Å². The lowest BCUT2D eigenvalue weighted by molar-refractivity contribution is -0.384. The third-order valence-electron chi connectivity index (χ3n) is 5.67. The summed E-state index contributed by atoms with van der Waals surface area (Å²) in [5.41, 5.74) is 1.55. The van der Waals surface area contributed by atoms with Gasteiger partial charge in [-0.3, -0.25) is 19.7 Å². The Hall–Kier alpha value is -3.43. The average Bonchev–Trinajstić information content (AvgIpc) is 3.49. The number of nitro groups is 1. The number of nitrogens with one attached hydrogen (secondary N) is 1. The normalized spacial score (nSPS) is 13.5. The lowest BCUT2D eigenvalue weighted by Crippen LogP contribution is -2.28. The first-order chi connectivity index (χ1) is 17.5. The van der Waals surface area contributed by atoms with Gasteiger partial charge in [-0.1, -0.05) is 11.3 Å². The first-order valence-electron chi connectivity index (χ1n) is 11.1. The Morgan fingerprint density at radius 2 is 1.97 bits per heavy atom. The minimum atomic E-state index is -4.18. The minimum absolute atomic E-state index is 0.116. The van der Waals surface area contributed by atoms with Crippen LogP contribution in [-0.4, -0.2) is 54.3 Å². The number of nitro benzene ring substituents is 1. The van der Waals surface area contributed by atoms with Crippen LogP contribution in [0.25, 0.3) is 10.2 Å². The molecule has 2 heterocycles. The van der Waals surface area contributed by atoms with E-state index in [9.17, 15) is 32.9 Å². The molecule has 0 bridgehead atoms. The van der Waals surface area contributed by atoms with Crippen LogP contribution in [0.15, 0.2) is 23.2 Å². The smallest absolute Gasteiger partial charge is 0.341 e. The number of hydrogen-bond donors (Lipinski definition) is 1. The van der Waals surface area contributed by atoms with E-state index in [0.717, 1.165) is 34.6 Å². The summed E-state index contributed by atoms with van der Waals surface area (Å²) in [5.74, 6) is -4.42. The highest BCUT2D eigenvalue weighted by Crippen LogP contribution is 2.39. The zero-order valence-corrected chi connectivity index (χ0v) is 22.3.